The van der Waals surface area contributed by atoms with Crippen molar-refractivity contribution >= 4 is 5.91 Å². The van der Waals surface area contributed by atoms with Crippen LogP contribution >= 0.6 is 0 Å². The quantitative estimate of drug-likeness (QED) is 0.838. The third-order valence-corrected chi connectivity index (χ3v) is 6.47. The Bertz CT molecular complexity index is 370. The van der Waals surface area contributed by atoms with Gasteiger partial charge in [-0.3, -0.25) is 4.79 Å². The summed E-state index contributed by atoms with van der Waals surface area (Å²) < 4.78 is 6.37. The largest absolute Gasteiger partial charge is 0.373 e. The maximum absolute atomic E-state index is 11.1. The second-order valence-corrected chi connectivity index (χ2v) is 7.50. The normalized spacial score (nSPS) is 40.6. The fraction of sp³-hybridized carbons (Fsp3) is 0.944. The van der Waals surface area contributed by atoms with Crippen molar-refractivity contribution in [1.82, 2.24) is 5.32 Å². The van der Waals surface area contributed by atoms with Gasteiger partial charge in [0, 0.05) is 13.5 Å². The van der Waals surface area contributed by atoms with Crippen LogP contribution in [0.25, 0.3) is 0 Å². The van der Waals surface area contributed by atoms with Crippen molar-refractivity contribution in [2.75, 3.05) is 6.54 Å². The molecule has 1 N–H and O–H groups in total. The van der Waals surface area contributed by atoms with Crippen LogP contribution in [-0.4, -0.2) is 24.7 Å². The van der Waals surface area contributed by atoms with E-state index in [4.69, 9.17) is 4.74 Å². The molecule has 0 radical (unpaired) electrons. The highest BCUT2D eigenvalue weighted by atomic mass is 16.5. The number of hydrogen-bond donors (Lipinski definition) is 1. The highest BCUT2D eigenvalue weighted by molar-refractivity contribution is 5.72. The number of ether oxygens (including phenoxy) is 1. The fourth-order valence-corrected chi connectivity index (χ4v) is 4.83. The molecule has 1 saturated carbocycles. The highest BCUT2D eigenvalue weighted by Crippen LogP contribution is 2.57. The predicted molar refractivity (Wildman–Crippen MR) is 86.0 cm³/mol. The minimum absolute atomic E-state index is 0.0445. The first kappa shape index (κ1) is 16.8. The molecule has 3 heteroatoms. The lowest BCUT2D eigenvalue weighted by Crippen LogP contribution is -2.42. The topological polar surface area (TPSA) is 38.3 Å². The van der Waals surface area contributed by atoms with E-state index in [0.29, 0.717) is 24.0 Å². The average molecular weight is 295 g/mol. The molecule has 1 amide bonds. The molecule has 0 aromatic rings. The molecule has 0 aromatic carbocycles. The monoisotopic (exact) mass is 295 g/mol. The highest BCUT2D eigenvalue weighted by Gasteiger charge is 2.54. The summed E-state index contributed by atoms with van der Waals surface area (Å²) in [6, 6.07) is 0. The number of carbonyl (C=O) groups is 1. The molecule has 122 valence electrons. The third kappa shape index (κ3) is 3.28. The molecular formula is C18H33NO2. The summed E-state index contributed by atoms with van der Waals surface area (Å²) in [4.78, 5) is 11.1. The van der Waals surface area contributed by atoms with E-state index in [9.17, 15) is 4.79 Å². The van der Waals surface area contributed by atoms with E-state index in [0.717, 1.165) is 18.3 Å². The van der Waals surface area contributed by atoms with Crippen LogP contribution in [0.4, 0.5) is 0 Å². The van der Waals surface area contributed by atoms with Crippen LogP contribution < -0.4 is 5.32 Å². The summed E-state index contributed by atoms with van der Waals surface area (Å²) in [6.07, 6.45) is 6.68. The average Bonchev–Trinajstić information content (AvgIpc) is 2.77. The third-order valence-electron chi connectivity index (χ3n) is 6.47. The molecule has 2 rings (SSSR count). The Labute approximate surface area is 130 Å². The molecule has 0 bridgehead atoms. The van der Waals surface area contributed by atoms with E-state index in [1.807, 2.05) is 0 Å². The first-order chi connectivity index (χ1) is 9.92. The zero-order chi connectivity index (χ0) is 15.6. The zero-order valence-electron chi connectivity index (χ0n) is 14.4. The van der Waals surface area contributed by atoms with Crippen molar-refractivity contribution in [3.63, 3.8) is 0 Å². The molecule has 1 aliphatic heterocycles. The molecule has 2 fully saturated rings. The Kier molecular flexibility index (Phi) is 5.34. The van der Waals surface area contributed by atoms with Gasteiger partial charge in [0.1, 0.15) is 0 Å². The Balaban J connectivity index is 2.04. The predicted octanol–water partition coefficient (Wildman–Crippen LogP) is 3.77. The van der Waals surface area contributed by atoms with E-state index in [2.05, 4.69) is 33.0 Å². The Morgan fingerprint density at radius 1 is 1.38 bits per heavy atom. The summed E-state index contributed by atoms with van der Waals surface area (Å²) in [5.74, 6) is 2.30. The van der Waals surface area contributed by atoms with Crippen molar-refractivity contribution in [2.45, 2.75) is 78.9 Å². The van der Waals surface area contributed by atoms with E-state index >= 15 is 0 Å². The van der Waals surface area contributed by atoms with Crippen molar-refractivity contribution in [3.8, 4) is 0 Å². The second kappa shape index (κ2) is 6.68. The van der Waals surface area contributed by atoms with E-state index in [1.165, 1.54) is 25.7 Å². The van der Waals surface area contributed by atoms with Crippen LogP contribution in [0.5, 0.6) is 0 Å². The minimum Gasteiger partial charge on any atom is -0.373 e. The molecule has 6 unspecified atom stereocenters. The van der Waals surface area contributed by atoms with Crippen LogP contribution in [0.1, 0.15) is 66.7 Å². The van der Waals surface area contributed by atoms with Gasteiger partial charge in [0.25, 0.3) is 0 Å². The Morgan fingerprint density at radius 2 is 2.10 bits per heavy atom. The lowest BCUT2D eigenvalue weighted by molar-refractivity contribution is -0.122. The number of nitrogens with one attached hydrogen (secondary N) is 1. The van der Waals surface area contributed by atoms with E-state index in [1.54, 1.807) is 6.92 Å². The summed E-state index contributed by atoms with van der Waals surface area (Å²) in [6.45, 7) is 11.8. The second-order valence-electron chi connectivity index (χ2n) is 7.50. The number of amides is 1. The summed E-state index contributed by atoms with van der Waals surface area (Å²) >= 11 is 0. The van der Waals surface area contributed by atoms with Gasteiger partial charge < -0.3 is 10.1 Å². The molecule has 3 nitrogen and oxygen atoms in total. The number of hydrogen-bond acceptors (Lipinski definition) is 2. The van der Waals surface area contributed by atoms with Crippen LogP contribution in [0.15, 0.2) is 0 Å². The first-order valence-electron chi connectivity index (χ1n) is 8.82. The lowest BCUT2D eigenvalue weighted by Gasteiger charge is -2.42. The molecule has 1 heterocycles. The molecule has 2 aliphatic rings. The smallest absolute Gasteiger partial charge is 0.216 e. The van der Waals surface area contributed by atoms with Crippen LogP contribution in [0.2, 0.25) is 0 Å². The van der Waals surface area contributed by atoms with Gasteiger partial charge in [-0.25, -0.2) is 0 Å². The van der Waals surface area contributed by atoms with Crippen LogP contribution in [-0.2, 0) is 9.53 Å². The van der Waals surface area contributed by atoms with Gasteiger partial charge >= 0.3 is 0 Å². The van der Waals surface area contributed by atoms with Crippen LogP contribution in [0.3, 0.4) is 0 Å². The van der Waals surface area contributed by atoms with Gasteiger partial charge in [-0.1, -0.05) is 40.5 Å². The SMILES string of the molecule is CCC(C)C1CC2OC(CNC(C)=O)CCC2C1(C)CC. The van der Waals surface area contributed by atoms with Gasteiger partial charge in [-0.05, 0) is 42.4 Å². The van der Waals surface area contributed by atoms with Crippen molar-refractivity contribution in [2.24, 2.45) is 23.2 Å². The first-order valence-corrected chi connectivity index (χ1v) is 8.82. The molecule has 0 spiro atoms. The summed E-state index contributed by atoms with van der Waals surface area (Å²) in [7, 11) is 0. The molecular weight excluding hydrogens is 262 g/mol. The van der Waals surface area contributed by atoms with Gasteiger partial charge in [-0.2, -0.15) is 0 Å². The Hall–Kier alpha value is -0.570. The van der Waals surface area contributed by atoms with Gasteiger partial charge in [-0.15, -0.1) is 0 Å². The van der Waals surface area contributed by atoms with Crippen molar-refractivity contribution in [3.05, 3.63) is 0 Å². The number of fused-ring (bicyclic) bond motifs is 1. The number of carbonyl (C=O) groups excluding carboxylic acids is 1. The van der Waals surface area contributed by atoms with Crippen molar-refractivity contribution < 1.29 is 9.53 Å². The fourth-order valence-electron chi connectivity index (χ4n) is 4.83. The zero-order valence-corrected chi connectivity index (χ0v) is 14.4. The molecule has 0 aromatic heterocycles. The van der Waals surface area contributed by atoms with E-state index in [-0.39, 0.29) is 12.0 Å². The lowest BCUT2D eigenvalue weighted by atomic mass is 9.65. The molecule has 1 saturated heterocycles. The van der Waals surface area contributed by atoms with E-state index < -0.39 is 0 Å². The van der Waals surface area contributed by atoms with Gasteiger partial charge in [0.15, 0.2) is 0 Å². The summed E-state index contributed by atoms with van der Waals surface area (Å²) in [5.41, 5.74) is 0.430. The van der Waals surface area contributed by atoms with Crippen LogP contribution in [0, 0.1) is 23.2 Å². The maximum Gasteiger partial charge on any atom is 0.216 e. The minimum atomic E-state index is 0.0445. The summed E-state index contributed by atoms with van der Waals surface area (Å²) in [5, 5.41) is 2.91. The Morgan fingerprint density at radius 3 is 2.67 bits per heavy atom. The molecule has 1 aliphatic carbocycles. The van der Waals surface area contributed by atoms with Gasteiger partial charge in [0.05, 0.1) is 12.2 Å². The number of rotatable bonds is 5. The van der Waals surface area contributed by atoms with Crippen molar-refractivity contribution in [1.29, 1.82) is 0 Å². The van der Waals surface area contributed by atoms with Gasteiger partial charge in [0.2, 0.25) is 5.91 Å². The molecule has 6 atom stereocenters. The molecule has 21 heavy (non-hydrogen) atoms. The standard InChI is InChI=1S/C18H33NO2/c1-6-12(3)16-10-17-15(18(16,5)7-2)9-8-14(21-17)11-19-13(4)20/h12,14-17H,6-11H2,1-5H3,(H,19,20). The maximum atomic E-state index is 11.1.